The van der Waals surface area contributed by atoms with Gasteiger partial charge in [0.1, 0.15) is 0 Å². The van der Waals surface area contributed by atoms with Crippen LogP contribution in [0.4, 0.5) is 5.69 Å². The van der Waals surface area contributed by atoms with Crippen molar-refractivity contribution in [3.63, 3.8) is 0 Å². The van der Waals surface area contributed by atoms with Crippen LogP contribution in [0.5, 0.6) is 5.75 Å². The van der Waals surface area contributed by atoms with Gasteiger partial charge < -0.3 is 15.4 Å². The van der Waals surface area contributed by atoms with Crippen LogP contribution in [0, 0.1) is 6.92 Å². The summed E-state index contributed by atoms with van der Waals surface area (Å²) in [5.74, 6) is 1.41. The lowest BCUT2D eigenvalue weighted by Crippen LogP contribution is -2.26. The summed E-state index contributed by atoms with van der Waals surface area (Å²) >= 11 is 6.09. The fraction of sp³-hybridized carbons (Fsp3) is 0.364. The highest BCUT2D eigenvalue weighted by Crippen LogP contribution is 2.34. The molecular weight excluding hydrogens is 226 g/mol. The molecule has 0 fully saturated rings. The van der Waals surface area contributed by atoms with Crippen molar-refractivity contribution in [2.75, 3.05) is 25.5 Å². The van der Waals surface area contributed by atoms with Crippen molar-refractivity contribution in [3.8, 4) is 5.75 Å². The summed E-state index contributed by atoms with van der Waals surface area (Å²) in [7, 11) is 1.60. The number of anilines is 1. The van der Waals surface area contributed by atoms with Crippen molar-refractivity contribution < 1.29 is 4.74 Å². The van der Waals surface area contributed by atoms with Gasteiger partial charge in [0.05, 0.1) is 24.4 Å². The molecule has 0 unspecified atom stereocenters. The average molecular weight is 240 g/mol. The van der Waals surface area contributed by atoms with Crippen LogP contribution >= 0.6 is 11.6 Å². The zero-order valence-corrected chi connectivity index (χ0v) is 10.1. The number of rotatable bonds is 2. The van der Waals surface area contributed by atoms with Gasteiger partial charge in [0.25, 0.3) is 0 Å². The van der Waals surface area contributed by atoms with Crippen LogP contribution in [0.3, 0.4) is 0 Å². The van der Waals surface area contributed by atoms with Gasteiger partial charge in [-0.1, -0.05) is 11.6 Å². The number of aliphatic imine (C=N–C) groups is 1. The topological polar surface area (TPSA) is 45.6 Å². The molecule has 0 amide bonds. The molecule has 5 heteroatoms. The van der Waals surface area contributed by atoms with Crippen LogP contribution in [0.1, 0.15) is 5.56 Å². The van der Waals surface area contributed by atoms with E-state index >= 15 is 0 Å². The quantitative estimate of drug-likeness (QED) is 0.830. The molecule has 1 aliphatic rings. The molecule has 0 bridgehead atoms. The van der Waals surface area contributed by atoms with Crippen molar-refractivity contribution in [3.05, 3.63) is 22.7 Å². The Labute approximate surface area is 99.7 Å². The fourth-order valence-electron chi connectivity index (χ4n) is 1.64. The highest BCUT2D eigenvalue weighted by atomic mass is 35.5. The summed E-state index contributed by atoms with van der Waals surface area (Å²) < 4.78 is 5.26. The maximum absolute atomic E-state index is 6.09. The number of ether oxygens (including phenoxy) is 1. The lowest BCUT2D eigenvalue weighted by molar-refractivity contribution is 0.417. The summed E-state index contributed by atoms with van der Waals surface area (Å²) in [6, 6.07) is 3.85. The Morgan fingerprint density at radius 3 is 2.94 bits per heavy atom. The molecule has 0 saturated carbocycles. The van der Waals surface area contributed by atoms with Gasteiger partial charge in [0.15, 0.2) is 11.7 Å². The number of nitrogens with one attached hydrogen (secondary N) is 2. The molecule has 4 nitrogen and oxygen atoms in total. The molecule has 2 rings (SSSR count). The number of halogens is 1. The largest absolute Gasteiger partial charge is 0.493 e. The molecule has 1 aromatic carbocycles. The third-order valence-corrected chi connectivity index (χ3v) is 2.60. The van der Waals surface area contributed by atoms with Gasteiger partial charge in [-0.3, -0.25) is 4.99 Å². The Morgan fingerprint density at radius 1 is 1.50 bits per heavy atom. The van der Waals surface area contributed by atoms with Crippen molar-refractivity contribution in [2.24, 2.45) is 4.99 Å². The van der Waals surface area contributed by atoms with Gasteiger partial charge in [-0.2, -0.15) is 0 Å². The molecule has 1 aliphatic heterocycles. The molecule has 0 radical (unpaired) electrons. The number of nitrogens with zero attached hydrogens (tertiary/aromatic N) is 1. The van der Waals surface area contributed by atoms with Crippen molar-refractivity contribution in [2.45, 2.75) is 6.92 Å². The number of hydrogen-bond acceptors (Lipinski definition) is 4. The predicted octanol–water partition coefficient (Wildman–Crippen LogP) is 2.03. The number of benzene rings is 1. The first-order valence-electron chi connectivity index (χ1n) is 5.10. The van der Waals surface area contributed by atoms with E-state index in [1.807, 2.05) is 19.1 Å². The van der Waals surface area contributed by atoms with E-state index in [2.05, 4.69) is 15.6 Å². The van der Waals surface area contributed by atoms with Gasteiger partial charge in [-0.05, 0) is 24.6 Å². The predicted molar refractivity (Wildman–Crippen MR) is 66.7 cm³/mol. The van der Waals surface area contributed by atoms with E-state index in [-0.39, 0.29) is 0 Å². The first-order chi connectivity index (χ1) is 7.70. The van der Waals surface area contributed by atoms with Crippen LogP contribution in [-0.2, 0) is 0 Å². The number of hydrogen-bond donors (Lipinski definition) is 2. The third-order valence-electron chi connectivity index (χ3n) is 2.32. The molecule has 0 aromatic heterocycles. The Morgan fingerprint density at radius 2 is 2.31 bits per heavy atom. The second-order valence-corrected chi connectivity index (χ2v) is 4.02. The van der Waals surface area contributed by atoms with E-state index in [9.17, 15) is 0 Å². The van der Waals surface area contributed by atoms with Gasteiger partial charge in [0, 0.05) is 6.54 Å². The van der Waals surface area contributed by atoms with E-state index in [0.29, 0.717) is 10.8 Å². The lowest BCUT2D eigenvalue weighted by Gasteiger charge is -2.13. The van der Waals surface area contributed by atoms with Gasteiger partial charge >= 0.3 is 0 Å². The normalized spacial score (nSPS) is 14.3. The maximum atomic E-state index is 6.09. The van der Waals surface area contributed by atoms with Gasteiger partial charge in [-0.15, -0.1) is 0 Å². The minimum absolute atomic E-state index is 0.601. The summed E-state index contributed by atoms with van der Waals surface area (Å²) in [6.45, 7) is 3.65. The van der Waals surface area contributed by atoms with Crippen LogP contribution < -0.4 is 15.4 Å². The van der Waals surface area contributed by atoms with E-state index in [0.717, 1.165) is 30.3 Å². The Kier molecular flexibility index (Phi) is 3.19. The Bertz CT molecular complexity index is 431. The van der Waals surface area contributed by atoms with E-state index < -0.39 is 0 Å². The van der Waals surface area contributed by atoms with Crippen LogP contribution in [-0.4, -0.2) is 26.2 Å². The molecule has 86 valence electrons. The Hall–Kier alpha value is -1.42. The zero-order valence-electron chi connectivity index (χ0n) is 9.30. The molecule has 0 aliphatic carbocycles. The van der Waals surface area contributed by atoms with E-state index in [1.165, 1.54) is 0 Å². The minimum atomic E-state index is 0.601. The average Bonchev–Trinajstić information content (AvgIpc) is 2.70. The standard InChI is InChI=1S/C11H14ClN3O/c1-7-5-8(12)10(16-2)9(6-7)15-11-13-3-4-14-11/h5-6H,3-4H2,1-2H3,(H2,13,14,15). The maximum Gasteiger partial charge on any atom is 0.196 e. The van der Waals surface area contributed by atoms with Crippen LogP contribution in [0.25, 0.3) is 0 Å². The van der Waals surface area contributed by atoms with Crippen molar-refractivity contribution in [1.82, 2.24) is 5.32 Å². The molecule has 2 N–H and O–H groups in total. The lowest BCUT2D eigenvalue weighted by atomic mass is 10.2. The second kappa shape index (κ2) is 4.61. The molecule has 1 aromatic rings. The monoisotopic (exact) mass is 239 g/mol. The van der Waals surface area contributed by atoms with E-state index in [4.69, 9.17) is 16.3 Å². The summed E-state index contributed by atoms with van der Waals surface area (Å²) in [4.78, 5) is 4.26. The molecule has 16 heavy (non-hydrogen) atoms. The zero-order chi connectivity index (χ0) is 11.5. The molecule has 0 spiro atoms. The first-order valence-corrected chi connectivity index (χ1v) is 5.48. The molecular formula is C11H14ClN3O. The van der Waals surface area contributed by atoms with Crippen LogP contribution in [0.2, 0.25) is 5.02 Å². The SMILES string of the molecule is COc1c(Cl)cc(C)cc1NC1=NCCN1. The van der Waals surface area contributed by atoms with Gasteiger partial charge in [0.2, 0.25) is 0 Å². The number of methoxy groups -OCH3 is 1. The smallest absolute Gasteiger partial charge is 0.196 e. The number of aryl methyl sites for hydroxylation is 1. The minimum Gasteiger partial charge on any atom is -0.493 e. The summed E-state index contributed by atoms with van der Waals surface area (Å²) in [6.07, 6.45) is 0. The van der Waals surface area contributed by atoms with Crippen molar-refractivity contribution >= 4 is 23.2 Å². The fourth-order valence-corrected chi connectivity index (χ4v) is 1.99. The van der Waals surface area contributed by atoms with E-state index in [1.54, 1.807) is 7.11 Å². The second-order valence-electron chi connectivity index (χ2n) is 3.61. The third kappa shape index (κ3) is 2.22. The van der Waals surface area contributed by atoms with Gasteiger partial charge in [-0.25, -0.2) is 0 Å². The first kappa shape index (κ1) is 11.1. The highest BCUT2D eigenvalue weighted by molar-refractivity contribution is 6.32. The molecule has 0 saturated heterocycles. The Balaban J connectivity index is 2.30. The summed E-state index contributed by atoms with van der Waals surface area (Å²) in [5.41, 5.74) is 1.91. The summed E-state index contributed by atoms with van der Waals surface area (Å²) in [5, 5.41) is 6.91. The molecule has 1 heterocycles. The highest BCUT2D eigenvalue weighted by Gasteiger charge is 2.12. The van der Waals surface area contributed by atoms with Crippen molar-refractivity contribution in [1.29, 1.82) is 0 Å². The molecule has 0 atom stereocenters. The number of guanidine groups is 1. The van der Waals surface area contributed by atoms with Crippen LogP contribution in [0.15, 0.2) is 17.1 Å².